The molecule has 0 radical (unpaired) electrons. The molecule has 0 aliphatic carbocycles. The van der Waals surface area contributed by atoms with Gasteiger partial charge in [-0.05, 0) is 6.42 Å². The van der Waals surface area contributed by atoms with Crippen molar-refractivity contribution in [1.29, 1.82) is 0 Å². The molecular formula is C14H24F7NO2S. The molecule has 11 heteroatoms. The van der Waals surface area contributed by atoms with Crippen LogP contribution in [0.25, 0.3) is 0 Å². The molecule has 0 amide bonds. The van der Waals surface area contributed by atoms with E-state index in [1.807, 2.05) is 0 Å². The maximum absolute atomic E-state index is 13.1. The highest BCUT2D eigenvalue weighted by molar-refractivity contribution is 7.90. The van der Waals surface area contributed by atoms with E-state index in [9.17, 15) is 39.2 Å². The third-order valence-corrected chi connectivity index (χ3v) is 5.15. The second kappa shape index (κ2) is 9.94. The molecule has 0 aliphatic rings. The van der Waals surface area contributed by atoms with Crippen LogP contribution in [0.2, 0.25) is 0 Å². The van der Waals surface area contributed by atoms with Crippen molar-refractivity contribution in [3.05, 3.63) is 0 Å². The van der Waals surface area contributed by atoms with Gasteiger partial charge in [0.1, 0.15) is 0 Å². The van der Waals surface area contributed by atoms with E-state index in [1.165, 1.54) is 0 Å². The summed E-state index contributed by atoms with van der Waals surface area (Å²) >= 11 is 0. The summed E-state index contributed by atoms with van der Waals surface area (Å²) in [6, 6.07) is 0. The van der Waals surface area contributed by atoms with Gasteiger partial charge < -0.3 is 0 Å². The van der Waals surface area contributed by atoms with Gasteiger partial charge in [0.05, 0.1) is 0 Å². The summed E-state index contributed by atoms with van der Waals surface area (Å²) in [5, 5.41) is -6.28. The van der Waals surface area contributed by atoms with Crippen molar-refractivity contribution in [1.82, 2.24) is 4.72 Å². The Balaban J connectivity index is 4.25. The number of rotatable bonds is 13. The lowest BCUT2D eigenvalue weighted by Gasteiger charge is -2.27. The van der Waals surface area contributed by atoms with Crippen LogP contribution >= 0.6 is 0 Å². The quantitative estimate of drug-likeness (QED) is 0.338. The minimum absolute atomic E-state index is 0.0713. The molecule has 0 fully saturated rings. The van der Waals surface area contributed by atoms with E-state index in [1.54, 1.807) is 0 Å². The van der Waals surface area contributed by atoms with Crippen LogP contribution in [0.4, 0.5) is 30.7 Å². The van der Waals surface area contributed by atoms with Gasteiger partial charge in [-0.25, -0.2) is 13.1 Å². The van der Waals surface area contributed by atoms with Crippen molar-refractivity contribution in [2.75, 3.05) is 6.54 Å². The second-order valence-corrected chi connectivity index (χ2v) is 7.62. The van der Waals surface area contributed by atoms with Crippen molar-refractivity contribution in [2.45, 2.75) is 82.1 Å². The van der Waals surface area contributed by atoms with Crippen molar-refractivity contribution in [3.8, 4) is 0 Å². The molecule has 0 aromatic heterocycles. The topological polar surface area (TPSA) is 46.2 Å². The monoisotopic (exact) mass is 403 g/mol. The van der Waals surface area contributed by atoms with Crippen molar-refractivity contribution < 1.29 is 39.2 Å². The van der Waals surface area contributed by atoms with E-state index in [0.29, 0.717) is 12.8 Å². The molecule has 0 saturated heterocycles. The molecular weight excluding hydrogens is 379 g/mol. The van der Waals surface area contributed by atoms with E-state index >= 15 is 0 Å². The molecule has 0 aromatic rings. The van der Waals surface area contributed by atoms with Crippen LogP contribution in [0.3, 0.4) is 0 Å². The number of nitrogens with one attached hydrogen (secondary N) is 1. The number of alkyl halides is 7. The Morgan fingerprint density at radius 3 is 1.52 bits per heavy atom. The zero-order valence-corrected chi connectivity index (χ0v) is 14.8. The average molecular weight is 403 g/mol. The number of hydrogen-bond acceptors (Lipinski definition) is 2. The van der Waals surface area contributed by atoms with Crippen molar-refractivity contribution >= 4 is 10.0 Å². The van der Waals surface area contributed by atoms with Gasteiger partial charge in [-0.1, -0.05) is 58.3 Å². The Labute approximate surface area is 143 Å². The number of sulfonamides is 1. The Morgan fingerprint density at radius 1 is 0.720 bits per heavy atom. The summed E-state index contributed by atoms with van der Waals surface area (Å²) in [7, 11) is -6.16. The molecule has 0 unspecified atom stereocenters. The van der Waals surface area contributed by atoms with Gasteiger partial charge in [-0.2, -0.15) is 30.7 Å². The maximum Gasteiger partial charge on any atom is 0.461 e. The predicted molar refractivity (Wildman–Crippen MR) is 80.1 cm³/mol. The molecule has 0 atom stereocenters. The summed E-state index contributed by atoms with van der Waals surface area (Å²) < 4.78 is 111. The van der Waals surface area contributed by atoms with Crippen LogP contribution in [0.15, 0.2) is 0 Å². The first-order valence-corrected chi connectivity index (χ1v) is 9.61. The lowest BCUT2D eigenvalue weighted by molar-refractivity contribution is -0.332. The van der Waals surface area contributed by atoms with E-state index in [-0.39, 0.29) is 6.42 Å². The smallest absolute Gasteiger partial charge is 0.210 e. The van der Waals surface area contributed by atoms with Gasteiger partial charge in [0.2, 0.25) is 0 Å². The molecule has 25 heavy (non-hydrogen) atoms. The zero-order valence-electron chi connectivity index (χ0n) is 13.9. The molecule has 3 nitrogen and oxygen atoms in total. The molecule has 0 spiro atoms. The normalized spacial score (nSPS) is 14.1. The first-order chi connectivity index (χ1) is 11.3. The Kier molecular flexibility index (Phi) is 9.71. The SMILES string of the molecule is CCCCCCCCCCCNS(=O)(=O)C(F)(F)C(F)(F)C(F)(F)F. The van der Waals surface area contributed by atoms with Gasteiger partial charge in [-0.15, -0.1) is 0 Å². The number of halogens is 7. The molecule has 0 rings (SSSR count). The molecule has 152 valence electrons. The summed E-state index contributed by atoms with van der Waals surface area (Å²) in [5.41, 5.74) is 0. The van der Waals surface area contributed by atoms with E-state index in [0.717, 1.165) is 43.2 Å². The van der Waals surface area contributed by atoms with Crippen LogP contribution in [0, 0.1) is 0 Å². The van der Waals surface area contributed by atoms with Crippen LogP contribution in [-0.2, 0) is 10.0 Å². The van der Waals surface area contributed by atoms with Gasteiger partial charge in [0.25, 0.3) is 10.0 Å². The molecule has 0 saturated carbocycles. The number of unbranched alkanes of at least 4 members (excludes halogenated alkanes) is 8. The Bertz CT molecular complexity index is 478. The van der Waals surface area contributed by atoms with Gasteiger partial charge >= 0.3 is 17.4 Å². The molecule has 1 N–H and O–H groups in total. The third kappa shape index (κ3) is 6.92. The van der Waals surface area contributed by atoms with Gasteiger partial charge in [0, 0.05) is 6.54 Å². The highest BCUT2D eigenvalue weighted by Gasteiger charge is 2.78. The molecule has 0 heterocycles. The number of hydrogen-bond donors (Lipinski definition) is 1. The minimum Gasteiger partial charge on any atom is -0.210 e. The minimum atomic E-state index is -6.68. The second-order valence-electron chi connectivity index (χ2n) is 5.82. The fourth-order valence-corrected chi connectivity index (χ4v) is 3.11. The fraction of sp³-hybridized carbons (Fsp3) is 1.00. The average Bonchev–Trinajstić information content (AvgIpc) is 2.47. The van der Waals surface area contributed by atoms with Crippen LogP contribution in [-0.4, -0.2) is 32.3 Å². The first-order valence-electron chi connectivity index (χ1n) is 8.13. The zero-order chi connectivity index (χ0) is 19.8. The van der Waals surface area contributed by atoms with Crippen LogP contribution in [0.1, 0.15) is 64.7 Å². The van der Waals surface area contributed by atoms with E-state index in [4.69, 9.17) is 0 Å². The highest BCUT2D eigenvalue weighted by atomic mass is 32.2. The fourth-order valence-electron chi connectivity index (χ4n) is 2.07. The van der Waals surface area contributed by atoms with Crippen LogP contribution < -0.4 is 4.72 Å². The summed E-state index contributed by atoms with van der Waals surface area (Å²) in [6.45, 7) is 1.46. The van der Waals surface area contributed by atoms with E-state index in [2.05, 4.69) is 6.92 Å². The van der Waals surface area contributed by atoms with Crippen molar-refractivity contribution in [2.24, 2.45) is 0 Å². The summed E-state index contributed by atoms with van der Waals surface area (Å²) in [6.07, 6.45) is 0.792. The van der Waals surface area contributed by atoms with Gasteiger partial charge in [-0.3, -0.25) is 0 Å². The lowest BCUT2D eigenvalue weighted by Crippen LogP contribution is -2.59. The lowest BCUT2D eigenvalue weighted by atomic mass is 10.1. The standard InChI is InChI=1S/C14H24F7NO2S/c1-2-3-4-5-6-7-8-9-10-11-22-25(23,24)14(20,21)12(15,16)13(17,18)19/h22H,2-11H2,1H3. The Morgan fingerprint density at radius 2 is 1.12 bits per heavy atom. The summed E-state index contributed by atoms with van der Waals surface area (Å²) in [5.74, 6) is -6.68. The molecule has 0 aromatic carbocycles. The van der Waals surface area contributed by atoms with Gasteiger partial charge in [0.15, 0.2) is 0 Å². The van der Waals surface area contributed by atoms with E-state index < -0.39 is 33.9 Å². The Hall–Kier alpha value is -0.580. The van der Waals surface area contributed by atoms with Crippen LogP contribution in [0.5, 0.6) is 0 Å². The summed E-state index contributed by atoms with van der Waals surface area (Å²) in [4.78, 5) is 0. The maximum atomic E-state index is 13.1. The third-order valence-electron chi connectivity index (χ3n) is 3.63. The predicted octanol–water partition coefficient (Wildman–Crippen LogP) is 5.23. The van der Waals surface area contributed by atoms with Crippen molar-refractivity contribution in [3.63, 3.8) is 0 Å². The highest BCUT2D eigenvalue weighted by Crippen LogP contribution is 2.48. The molecule has 0 aliphatic heterocycles. The first kappa shape index (κ1) is 24.4. The molecule has 0 bridgehead atoms. The largest absolute Gasteiger partial charge is 0.461 e.